The van der Waals surface area contributed by atoms with E-state index in [2.05, 4.69) is 6.07 Å². The summed E-state index contributed by atoms with van der Waals surface area (Å²) in [5.41, 5.74) is 6.63. The highest BCUT2D eigenvalue weighted by Gasteiger charge is 2.04. The summed E-state index contributed by atoms with van der Waals surface area (Å²) in [6, 6.07) is 10.2. The Morgan fingerprint density at radius 2 is 1.93 bits per heavy atom. The third-order valence-corrected chi connectivity index (χ3v) is 2.00. The molecule has 0 saturated carbocycles. The lowest BCUT2D eigenvalue weighted by Crippen LogP contribution is -2.17. The molecule has 2 aromatic rings. The first kappa shape index (κ1) is 11.8. The van der Waals surface area contributed by atoms with Gasteiger partial charge in [0.2, 0.25) is 0 Å². The first-order chi connectivity index (χ1) is 7.25. The Balaban J connectivity index is 0.000000531. The standard InChI is InChI=1S/C11H13NO.C2H6/c1-8(12)6-10-7-9-4-2-3-5-11(9)13-10;1-2/h2-5,7-8H,6,12H2,1H3;1-2H3. The molecule has 2 rings (SSSR count). The largest absolute Gasteiger partial charge is 0.461 e. The number of hydrogen-bond acceptors (Lipinski definition) is 2. The number of hydrogen-bond donors (Lipinski definition) is 1. The molecule has 0 aliphatic rings. The van der Waals surface area contributed by atoms with Gasteiger partial charge in [0.25, 0.3) is 0 Å². The van der Waals surface area contributed by atoms with E-state index in [1.807, 2.05) is 45.0 Å². The minimum absolute atomic E-state index is 0.153. The molecule has 0 amide bonds. The Morgan fingerprint density at radius 3 is 2.53 bits per heavy atom. The lowest BCUT2D eigenvalue weighted by Gasteiger charge is -1.98. The van der Waals surface area contributed by atoms with Gasteiger partial charge in [0.15, 0.2) is 0 Å². The van der Waals surface area contributed by atoms with Crippen LogP contribution < -0.4 is 5.73 Å². The van der Waals surface area contributed by atoms with Crippen molar-refractivity contribution in [2.45, 2.75) is 33.2 Å². The van der Waals surface area contributed by atoms with Crippen LogP contribution in [0, 0.1) is 0 Å². The monoisotopic (exact) mass is 205 g/mol. The number of rotatable bonds is 2. The fourth-order valence-corrected chi connectivity index (χ4v) is 1.45. The minimum atomic E-state index is 0.153. The van der Waals surface area contributed by atoms with Crippen molar-refractivity contribution in [2.75, 3.05) is 0 Å². The average molecular weight is 205 g/mol. The van der Waals surface area contributed by atoms with Gasteiger partial charge >= 0.3 is 0 Å². The van der Waals surface area contributed by atoms with E-state index in [1.165, 1.54) is 0 Å². The predicted octanol–water partition coefficient (Wildman–Crippen LogP) is 3.35. The average Bonchev–Trinajstić information content (AvgIpc) is 2.61. The number of nitrogens with two attached hydrogens (primary N) is 1. The van der Waals surface area contributed by atoms with E-state index in [9.17, 15) is 0 Å². The SMILES string of the molecule is CC.CC(N)Cc1cc2ccccc2o1. The van der Waals surface area contributed by atoms with Crippen LogP contribution in [0.3, 0.4) is 0 Å². The molecular formula is C13H19NO. The van der Waals surface area contributed by atoms with Crippen molar-refractivity contribution in [3.8, 4) is 0 Å². The normalized spacial score (nSPS) is 12.0. The second kappa shape index (κ2) is 5.56. The van der Waals surface area contributed by atoms with Crippen LogP contribution in [-0.4, -0.2) is 6.04 Å². The van der Waals surface area contributed by atoms with Crippen LogP contribution in [0.4, 0.5) is 0 Å². The molecule has 2 N–H and O–H groups in total. The van der Waals surface area contributed by atoms with Gasteiger partial charge in [0.1, 0.15) is 11.3 Å². The number of furan rings is 1. The van der Waals surface area contributed by atoms with Crippen molar-refractivity contribution in [1.29, 1.82) is 0 Å². The molecule has 0 spiro atoms. The second-order valence-corrected chi connectivity index (χ2v) is 3.43. The van der Waals surface area contributed by atoms with Gasteiger partial charge in [0.05, 0.1) is 0 Å². The topological polar surface area (TPSA) is 39.2 Å². The molecule has 1 atom stereocenters. The van der Waals surface area contributed by atoms with Crippen LogP contribution >= 0.6 is 0 Å². The highest BCUT2D eigenvalue weighted by molar-refractivity contribution is 5.77. The smallest absolute Gasteiger partial charge is 0.134 e. The van der Waals surface area contributed by atoms with Crippen LogP contribution in [-0.2, 0) is 6.42 Å². The zero-order chi connectivity index (χ0) is 11.3. The minimum Gasteiger partial charge on any atom is -0.461 e. The Bertz CT molecular complexity index is 371. The van der Waals surface area contributed by atoms with Crippen LogP contribution in [0.25, 0.3) is 11.0 Å². The van der Waals surface area contributed by atoms with Crippen molar-refractivity contribution in [3.63, 3.8) is 0 Å². The van der Waals surface area contributed by atoms with Crippen molar-refractivity contribution >= 4 is 11.0 Å². The number of fused-ring (bicyclic) bond motifs is 1. The highest BCUT2D eigenvalue weighted by Crippen LogP contribution is 2.19. The summed E-state index contributed by atoms with van der Waals surface area (Å²) in [7, 11) is 0. The van der Waals surface area contributed by atoms with Crippen molar-refractivity contribution < 1.29 is 4.42 Å². The van der Waals surface area contributed by atoms with Gasteiger partial charge in [-0.15, -0.1) is 0 Å². The first-order valence-electron chi connectivity index (χ1n) is 5.49. The maximum atomic E-state index is 5.69. The van der Waals surface area contributed by atoms with E-state index in [1.54, 1.807) is 0 Å². The molecule has 1 unspecified atom stereocenters. The first-order valence-corrected chi connectivity index (χ1v) is 5.49. The molecule has 1 heterocycles. The predicted molar refractivity (Wildman–Crippen MR) is 64.9 cm³/mol. The van der Waals surface area contributed by atoms with E-state index >= 15 is 0 Å². The van der Waals surface area contributed by atoms with Crippen molar-refractivity contribution in [3.05, 3.63) is 36.1 Å². The molecule has 0 bridgehead atoms. The summed E-state index contributed by atoms with van der Waals surface area (Å²) < 4.78 is 5.60. The fraction of sp³-hybridized carbons (Fsp3) is 0.385. The van der Waals surface area contributed by atoms with Gasteiger partial charge < -0.3 is 10.2 Å². The highest BCUT2D eigenvalue weighted by atomic mass is 16.3. The zero-order valence-electron chi connectivity index (χ0n) is 9.66. The van der Waals surface area contributed by atoms with Crippen molar-refractivity contribution in [1.82, 2.24) is 0 Å². The molecule has 0 aliphatic carbocycles. The van der Waals surface area contributed by atoms with E-state index in [-0.39, 0.29) is 6.04 Å². The summed E-state index contributed by atoms with van der Waals surface area (Å²) in [6.07, 6.45) is 0.800. The van der Waals surface area contributed by atoms with Crippen LogP contribution in [0.5, 0.6) is 0 Å². The quantitative estimate of drug-likeness (QED) is 0.816. The Labute approximate surface area is 91.1 Å². The molecule has 0 fully saturated rings. The van der Waals surface area contributed by atoms with E-state index in [0.29, 0.717) is 0 Å². The molecule has 0 radical (unpaired) electrons. The lowest BCUT2D eigenvalue weighted by atomic mass is 10.2. The Kier molecular flexibility index (Phi) is 4.37. The molecule has 0 aliphatic heterocycles. The zero-order valence-corrected chi connectivity index (χ0v) is 9.66. The molecule has 1 aromatic carbocycles. The molecule has 82 valence electrons. The molecular weight excluding hydrogens is 186 g/mol. The van der Waals surface area contributed by atoms with E-state index in [4.69, 9.17) is 10.2 Å². The second-order valence-electron chi connectivity index (χ2n) is 3.43. The third-order valence-electron chi connectivity index (χ3n) is 2.00. The molecule has 2 heteroatoms. The van der Waals surface area contributed by atoms with Gasteiger partial charge in [-0.25, -0.2) is 0 Å². The van der Waals surface area contributed by atoms with Gasteiger partial charge in [-0.05, 0) is 19.1 Å². The lowest BCUT2D eigenvalue weighted by molar-refractivity contribution is 0.525. The van der Waals surface area contributed by atoms with Crippen LogP contribution in [0.15, 0.2) is 34.7 Å². The van der Waals surface area contributed by atoms with Gasteiger partial charge in [-0.3, -0.25) is 0 Å². The summed E-state index contributed by atoms with van der Waals surface area (Å²) in [4.78, 5) is 0. The van der Waals surface area contributed by atoms with E-state index in [0.717, 1.165) is 23.2 Å². The summed E-state index contributed by atoms with van der Waals surface area (Å²) in [5, 5.41) is 1.15. The maximum absolute atomic E-state index is 5.69. The summed E-state index contributed by atoms with van der Waals surface area (Å²) >= 11 is 0. The van der Waals surface area contributed by atoms with Crippen molar-refractivity contribution in [2.24, 2.45) is 5.73 Å². The third kappa shape index (κ3) is 3.10. The molecule has 1 aromatic heterocycles. The maximum Gasteiger partial charge on any atom is 0.134 e. The Morgan fingerprint density at radius 1 is 1.27 bits per heavy atom. The van der Waals surface area contributed by atoms with Crippen LogP contribution in [0.2, 0.25) is 0 Å². The van der Waals surface area contributed by atoms with Gasteiger partial charge in [0, 0.05) is 17.8 Å². The van der Waals surface area contributed by atoms with Gasteiger partial charge in [-0.1, -0.05) is 32.0 Å². The van der Waals surface area contributed by atoms with Crippen LogP contribution in [0.1, 0.15) is 26.5 Å². The van der Waals surface area contributed by atoms with Gasteiger partial charge in [-0.2, -0.15) is 0 Å². The molecule has 15 heavy (non-hydrogen) atoms. The number of benzene rings is 1. The summed E-state index contributed by atoms with van der Waals surface area (Å²) in [6.45, 7) is 5.98. The summed E-state index contributed by atoms with van der Waals surface area (Å²) in [5.74, 6) is 0.969. The fourth-order valence-electron chi connectivity index (χ4n) is 1.45. The number of para-hydroxylation sites is 1. The molecule has 0 saturated heterocycles. The van der Waals surface area contributed by atoms with E-state index < -0.39 is 0 Å². The molecule has 2 nitrogen and oxygen atoms in total. The Hall–Kier alpha value is -1.28.